The van der Waals surface area contributed by atoms with Gasteiger partial charge in [-0.15, -0.1) is 11.8 Å². The molecule has 0 saturated carbocycles. The number of thioether (sulfide) groups is 1. The quantitative estimate of drug-likeness (QED) is 0.582. The van der Waals surface area contributed by atoms with Crippen LogP contribution in [0, 0.1) is 0 Å². The van der Waals surface area contributed by atoms with Gasteiger partial charge in [0, 0.05) is 10.8 Å². The molecule has 1 aromatic carbocycles. The second-order valence-electron chi connectivity index (χ2n) is 3.74. The number of rotatable bonds is 6. The van der Waals surface area contributed by atoms with Crippen molar-refractivity contribution < 1.29 is 9.53 Å². The molecule has 0 spiro atoms. The van der Waals surface area contributed by atoms with E-state index >= 15 is 0 Å². The average Bonchev–Trinajstić information content (AvgIpc) is 2.29. The molecule has 0 amide bonds. The second kappa shape index (κ2) is 7.41. The van der Waals surface area contributed by atoms with Crippen molar-refractivity contribution in [1.82, 2.24) is 0 Å². The van der Waals surface area contributed by atoms with E-state index in [4.69, 9.17) is 16.3 Å². The molecular weight excluding hydrogens is 256 g/mol. The van der Waals surface area contributed by atoms with Crippen LogP contribution in [-0.4, -0.2) is 18.3 Å². The summed E-state index contributed by atoms with van der Waals surface area (Å²) in [4.78, 5) is 11.3. The number of hydrogen-bond donors (Lipinski definition) is 0. The fourth-order valence-corrected chi connectivity index (χ4v) is 1.98. The smallest absolute Gasteiger partial charge is 0.316 e. The first kappa shape index (κ1) is 14.1. The van der Waals surface area contributed by atoms with E-state index in [0.29, 0.717) is 12.4 Å². The molecule has 0 N–H and O–H groups in total. The van der Waals surface area contributed by atoms with Crippen molar-refractivity contribution >= 4 is 29.3 Å². The molecule has 0 fully saturated rings. The van der Waals surface area contributed by atoms with Crippen LogP contribution in [0.25, 0.3) is 0 Å². The molecule has 0 aliphatic rings. The zero-order valence-corrected chi connectivity index (χ0v) is 11.3. The van der Waals surface area contributed by atoms with Gasteiger partial charge in [-0.2, -0.15) is 0 Å². The molecule has 0 bridgehead atoms. The van der Waals surface area contributed by atoms with Gasteiger partial charge in [0.1, 0.15) is 6.61 Å². The highest BCUT2D eigenvalue weighted by Crippen LogP contribution is 2.15. The van der Waals surface area contributed by atoms with Crippen molar-refractivity contribution in [2.24, 2.45) is 0 Å². The van der Waals surface area contributed by atoms with Gasteiger partial charge in [0.25, 0.3) is 0 Å². The molecular formula is C13H15ClO2S. The zero-order valence-electron chi connectivity index (χ0n) is 9.74. The van der Waals surface area contributed by atoms with Gasteiger partial charge in [0.15, 0.2) is 0 Å². The fourth-order valence-electron chi connectivity index (χ4n) is 1.08. The first-order chi connectivity index (χ1) is 8.08. The van der Waals surface area contributed by atoms with Gasteiger partial charge < -0.3 is 4.74 Å². The normalized spacial score (nSPS) is 10.0. The number of carbonyl (C=O) groups is 1. The van der Waals surface area contributed by atoms with Gasteiger partial charge in [-0.25, -0.2) is 0 Å². The summed E-state index contributed by atoms with van der Waals surface area (Å²) in [6.45, 7) is 5.80. The monoisotopic (exact) mass is 270 g/mol. The minimum Gasteiger partial charge on any atom is -0.461 e. The van der Waals surface area contributed by atoms with E-state index in [2.05, 4.69) is 6.58 Å². The average molecular weight is 271 g/mol. The number of ether oxygens (including phenoxy) is 1. The van der Waals surface area contributed by atoms with Crippen LogP contribution < -0.4 is 0 Å². The van der Waals surface area contributed by atoms with E-state index in [9.17, 15) is 4.79 Å². The summed E-state index contributed by atoms with van der Waals surface area (Å²) in [5, 5.41) is 0.722. The highest BCUT2D eigenvalue weighted by Gasteiger charge is 2.03. The van der Waals surface area contributed by atoms with Gasteiger partial charge in [0.05, 0.1) is 5.75 Å². The van der Waals surface area contributed by atoms with Crippen molar-refractivity contribution in [3.8, 4) is 0 Å². The number of esters is 1. The Morgan fingerprint density at radius 1 is 1.41 bits per heavy atom. The van der Waals surface area contributed by atoms with Crippen LogP contribution in [0.1, 0.15) is 12.5 Å². The molecule has 1 aromatic rings. The van der Waals surface area contributed by atoms with Crippen LogP contribution in [-0.2, 0) is 15.3 Å². The first-order valence-corrected chi connectivity index (χ1v) is 6.73. The molecule has 0 saturated heterocycles. The standard InChI is InChI=1S/C13H15ClO2S/c1-10(2)7-16-13(15)9-17-8-11-3-5-12(14)6-4-11/h3-6H,1,7-9H2,2H3. The predicted octanol–water partition coefficient (Wildman–Crippen LogP) is 3.69. The summed E-state index contributed by atoms with van der Waals surface area (Å²) in [5.74, 6) is 0.932. The van der Waals surface area contributed by atoms with E-state index in [1.165, 1.54) is 11.8 Å². The topological polar surface area (TPSA) is 26.3 Å². The largest absolute Gasteiger partial charge is 0.461 e. The summed E-state index contributed by atoms with van der Waals surface area (Å²) in [5.41, 5.74) is 1.99. The molecule has 0 aromatic heterocycles. The minimum atomic E-state index is -0.202. The third-order valence-corrected chi connectivity index (χ3v) is 3.11. The number of halogens is 1. The van der Waals surface area contributed by atoms with Gasteiger partial charge in [-0.05, 0) is 30.2 Å². The van der Waals surface area contributed by atoms with E-state index in [-0.39, 0.29) is 5.97 Å². The summed E-state index contributed by atoms with van der Waals surface area (Å²) in [7, 11) is 0. The Morgan fingerprint density at radius 3 is 2.65 bits per heavy atom. The van der Waals surface area contributed by atoms with Crippen molar-refractivity contribution in [2.45, 2.75) is 12.7 Å². The van der Waals surface area contributed by atoms with Gasteiger partial charge in [-0.3, -0.25) is 4.79 Å². The van der Waals surface area contributed by atoms with Crippen LogP contribution in [0.2, 0.25) is 5.02 Å². The minimum absolute atomic E-state index is 0.202. The highest BCUT2D eigenvalue weighted by molar-refractivity contribution is 7.99. The van der Waals surface area contributed by atoms with E-state index < -0.39 is 0 Å². The molecule has 4 heteroatoms. The lowest BCUT2D eigenvalue weighted by Crippen LogP contribution is -2.08. The van der Waals surface area contributed by atoms with Gasteiger partial charge >= 0.3 is 5.97 Å². The molecule has 0 aliphatic carbocycles. The third kappa shape index (κ3) is 6.39. The molecule has 0 unspecified atom stereocenters. The maximum atomic E-state index is 11.3. The maximum Gasteiger partial charge on any atom is 0.316 e. The molecule has 0 radical (unpaired) electrons. The van der Waals surface area contributed by atoms with Gasteiger partial charge in [0.2, 0.25) is 0 Å². The van der Waals surface area contributed by atoms with E-state index in [0.717, 1.165) is 21.9 Å². The molecule has 0 aliphatic heterocycles. The maximum absolute atomic E-state index is 11.3. The fraction of sp³-hybridized carbons (Fsp3) is 0.308. The predicted molar refractivity (Wildman–Crippen MR) is 73.4 cm³/mol. The zero-order chi connectivity index (χ0) is 12.7. The van der Waals surface area contributed by atoms with Crippen molar-refractivity contribution in [1.29, 1.82) is 0 Å². The van der Waals surface area contributed by atoms with Crippen LogP contribution >= 0.6 is 23.4 Å². The lowest BCUT2D eigenvalue weighted by Gasteiger charge is -2.04. The Labute approximate surface area is 111 Å². The molecule has 0 heterocycles. The lowest BCUT2D eigenvalue weighted by atomic mass is 10.2. The third-order valence-electron chi connectivity index (χ3n) is 1.88. The summed E-state index contributed by atoms with van der Waals surface area (Å²) < 4.78 is 4.98. The Bertz CT molecular complexity index is 387. The Kier molecular flexibility index (Phi) is 6.16. The summed E-state index contributed by atoms with van der Waals surface area (Å²) in [6, 6.07) is 7.59. The van der Waals surface area contributed by atoms with E-state index in [1.54, 1.807) is 0 Å². The Hall–Kier alpha value is -0.930. The van der Waals surface area contributed by atoms with Crippen LogP contribution in [0.4, 0.5) is 0 Å². The van der Waals surface area contributed by atoms with E-state index in [1.807, 2.05) is 31.2 Å². The van der Waals surface area contributed by atoms with Crippen LogP contribution in [0.15, 0.2) is 36.4 Å². The molecule has 1 rings (SSSR count). The SMILES string of the molecule is C=C(C)COC(=O)CSCc1ccc(Cl)cc1. The summed E-state index contributed by atoms with van der Waals surface area (Å²) >= 11 is 7.30. The number of hydrogen-bond acceptors (Lipinski definition) is 3. The van der Waals surface area contributed by atoms with Gasteiger partial charge in [-0.1, -0.05) is 30.3 Å². The number of benzene rings is 1. The molecule has 2 nitrogen and oxygen atoms in total. The summed E-state index contributed by atoms with van der Waals surface area (Å²) in [6.07, 6.45) is 0. The second-order valence-corrected chi connectivity index (χ2v) is 5.16. The molecule has 92 valence electrons. The van der Waals surface area contributed by atoms with Crippen molar-refractivity contribution in [3.05, 3.63) is 47.0 Å². The Balaban J connectivity index is 2.21. The van der Waals surface area contributed by atoms with Crippen LogP contribution in [0.3, 0.4) is 0 Å². The Morgan fingerprint density at radius 2 is 2.06 bits per heavy atom. The molecule has 0 atom stereocenters. The van der Waals surface area contributed by atoms with Crippen molar-refractivity contribution in [2.75, 3.05) is 12.4 Å². The lowest BCUT2D eigenvalue weighted by molar-refractivity contribution is -0.139. The number of carbonyl (C=O) groups excluding carboxylic acids is 1. The van der Waals surface area contributed by atoms with Crippen LogP contribution in [0.5, 0.6) is 0 Å². The molecule has 17 heavy (non-hydrogen) atoms. The first-order valence-electron chi connectivity index (χ1n) is 5.20. The van der Waals surface area contributed by atoms with Crippen molar-refractivity contribution in [3.63, 3.8) is 0 Å². The highest BCUT2D eigenvalue weighted by atomic mass is 35.5.